The highest BCUT2D eigenvalue weighted by molar-refractivity contribution is 9.10. The van der Waals surface area contributed by atoms with E-state index in [0.717, 1.165) is 15.8 Å². The predicted octanol–water partition coefficient (Wildman–Crippen LogP) is 4.38. The lowest BCUT2D eigenvalue weighted by Crippen LogP contribution is -2.19. The smallest absolute Gasteiger partial charge is 0.124 e. The van der Waals surface area contributed by atoms with Crippen LogP contribution in [0.15, 0.2) is 40.9 Å². The number of ether oxygens (including phenoxy) is 1. The summed E-state index contributed by atoms with van der Waals surface area (Å²) in [6.45, 7) is 4.26. The molecule has 0 amide bonds. The molecule has 2 nitrogen and oxygen atoms in total. The molecule has 0 aliphatic heterocycles. The summed E-state index contributed by atoms with van der Waals surface area (Å²) < 4.78 is 6.57. The van der Waals surface area contributed by atoms with Gasteiger partial charge in [-0.1, -0.05) is 39.7 Å². The fourth-order valence-corrected chi connectivity index (χ4v) is 2.86. The van der Waals surface area contributed by atoms with Gasteiger partial charge in [-0.25, -0.2) is 0 Å². The maximum absolute atomic E-state index is 5.51. The van der Waals surface area contributed by atoms with Gasteiger partial charge in [0.1, 0.15) is 5.75 Å². The molecule has 2 aromatic carbocycles. The summed E-state index contributed by atoms with van der Waals surface area (Å²) in [7, 11) is 3.69. The predicted molar refractivity (Wildman–Crippen MR) is 87.5 cm³/mol. The molecule has 0 heterocycles. The number of rotatable bonds is 4. The highest BCUT2D eigenvalue weighted by Gasteiger charge is 2.18. The maximum atomic E-state index is 5.51. The maximum Gasteiger partial charge on any atom is 0.124 e. The third kappa shape index (κ3) is 3.05. The van der Waals surface area contributed by atoms with Gasteiger partial charge >= 0.3 is 0 Å². The van der Waals surface area contributed by atoms with E-state index < -0.39 is 0 Å². The molecule has 0 fully saturated rings. The van der Waals surface area contributed by atoms with Crippen molar-refractivity contribution in [1.29, 1.82) is 0 Å². The Morgan fingerprint density at radius 2 is 1.80 bits per heavy atom. The number of hydrogen-bond donors (Lipinski definition) is 1. The number of nitrogens with one attached hydrogen (secondary N) is 1. The van der Waals surface area contributed by atoms with Crippen LogP contribution in [0, 0.1) is 13.8 Å². The zero-order valence-corrected chi connectivity index (χ0v) is 13.9. The average molecular weight is 334 g/mol. The molecular formula is C17H20BrNO. The minimum absolute atomic E-state index is 0.113. The van der Waals surface area contributed by atoms with E-state index in [4.69, 9.17) is 4.74 Å². The number of aryl methyl sites for hydroxylation is 2. The van der Waals surface area contributed by atoms with Crippen LogP contribution in [0.2, 0.25) is 0 Å². The number of hydrogen-bond acceptors (Lipinski definition) is 2. The Morgan fingerprint density at radius 1 is 1.05 bits per heavy atom. The lowest BCUT2D eigenvalue weighted by atomic mass is 9.93. The first-order valence-corrected chi connectivity index (χ1v) is 7.44. The summed E-state index contributed by atoms with van der Waals surface area (Å²) in [5, 5.41) is 3.40. The summed E-state index contributed by atoms with van der Waals surface area (Å²) in [5.41, 5.74) is 4.96. The van der Waals surface area contributed by atoms with Gasteiger partial charge in [-0.2, -0.15) is 0 Å². The molecule has 0 saturated heterocycles. The Bertz CT molecular complexity index is 610. The third-order valence-electron chi connectivity index (χ3n) is 3.54. The molecule has 1 unspecified atom stereocenters. The van der Waals surface area contributed by atoms with Crippen LogP contribution in [0.1, 0.15) is 28.3 Å². The fourth-order valence-electron chi connectivity index (χ4n) is 2.48. The van der Waals surface area contributed by atoms with E-state index in [-0.39, 0.29) is 6.04 Å². The molecule has 3 heteroatoms. The molecule has 0 aliphatic carbocycles. The molecule has 0 aliphatic rings. The van der Waals surface area contributed by atoms with E-state index in [1.807, 2.05) is 19.2 Å². The molecule has 0 aromatic heterocycles. The Labute approximate surface area is 129 Å². The van der Waals surface area contributed by atoms with E-state index in [1.165, 1.54) is 16.7 Å². The third-order valence-corrected chi connectivity index (χ3v) is 4.03. The van der Waals surface area contributed by atoms with E-state index in [9.17, 15) is 0 Å². The van der Waals surface area contributed by atoms with Gasteiger partial charge in [-0.3, -0.25) is 0 Å². The van der Waals surface area contributed by atoms with E-state index >= 15 is 0 Å². The van der Waals surface area contributed by atoms with E-state index in [2.05, 4.69) is 59.4 Å². The zero-order valence-electron chi connectivity index (χ0n) is 12.3. The number of benzene rings is 2. The van der Waals surface area contributed by atoms with Crippen LogP contribution in [-0.4, -0.2) is 14.2 Å². The monoisotopic (exact) mass is 333 g/mol. The van der Waals surface area contributed by atoms with Gasteiger partial charge in [0.25, 0.3) is 0 Å². The van der Waals surface area contributed by atoms with Crippen molar-refractivity contribution in [2.45, 2.75) is 19.9 Å². The summed E-state index contributed by atoms with van der Waals surface area (Å²) in [6, 6.07) is 12.8. The van der Waals surface area contributed by atoms with Gasteiger partial charge in [-0.15, -0.1) is 0 Å². The Balaban J connectivity index is 2.57. The number of halogens is 1. The Morgan fingerprint density at radius 3 is 2.45 bits per heavy atom. The van der Waals surface area contributed by atoms with Gasteiger partial charge < -0.3 is 10.1 Å². The summed E-state index contributed by atoms with van der Waals surface area (Å²) in [5.74, 6) is 0.897. The molecular weight excluding hydrogens is 314 g/mol. The SMILES string of the molecule is CNC(c1cc(C)ccc1C)c1cc(Br)ccc1OC. The molecule has 0 radical (unpaired) electrons. The second-order valence-corrected chi connectivity index (χ2v) is 5.88. The standard InChI is InChI=1S/C17H20BrNO/c1-11-5-6-12(2)14(9-11)17(19-3)15-10-13(18)7-8-16(15)20-4/h5-10,17,19H,1-4H3. The molecule has 1 atom stereocenters. The van der Waals surface area contributed by atoms with Crippen molar-refractivity contribution in [3.05, 3.63) is 63.1 Å². The molecule has 2 rings (SSSR count). The Hall–Kier alpha value is -1.32. The first-order valence-electron chi connectivity index (χ1n) is 6.64. The highest BCUT2D eigenvalue weighted by Crippen LogP contribution is 2.33. The van der Waals surface area contributed by atoms with Crippen LogP contribution in [0.25, 0.3) is 0 Å². The van der Waals surface area contributed by atoms with E-state index in [1.54, 1.807) is 7.11 Å². The number of methoxy groups -OCH3 is 1. The molecule has 106 valence electrons. The van der Waals surface area contributed by atoms with Crippen molar-refractivity contribution in [1.82, 2.24) is 5.32 Å². The van der Waals surface area contributed by atoms with Gasteiger partial charge in [0.2, 0.25) is 0 Å². The Kier molecular flexibility index (Phi) is 4.84. The molecule has 0 saturated carbocycles. The molecule has 0 bridgehead atoms. The molecule has 0 spiro atoms. The first kappa shape index (κ1) is 15.1. The fraction of sp³-hybridized carbons (Fsp3) is 0.294. The van der Waals surface area contributed by atoms with Gasteiger partial charge in [-0.05, 0) is 50.2 Å². The second-order valence-electron chi connectivity index (χ2n) is 4.97. The second kappa shape index (κ2) is 6.42. The molecule has 1 N–H and O–H groups in total. The highest BCUT2D eigenvalue weighted by atomic mass is 79.9. The van der Waals surface area contributed by atoms with Crippen molar-refractivity contribution < 1.29 is 4.74 Å². The van der Waals surface area contributed by atoms with Crippen molar-refractivity contribution in [3.8, 4) is 5.75 Å². The normalized spacial score (nSPS) is 12.2. The van der Waals surface area contributed by atoms with Crippen LogP contribution >= 0.6 is 15.9 Å². The summed E-state index contributed by atoms with van der Waals surface area (Å²) in [4.78, 5) is 0. The van der Waals surface area contributed by atoms with Crippen LogP contribution in [0.5, 0.6) is 5.75 Å². The van der Waals surface area contributed by atoms with E-state index in [0.29, 0.717) is 0 Å². The lowest BCUT2D eigenvalue weighted by Gasteiger charge is -2.22. The van der Waals surface area contributed by atoms with Crippen molar-refractivity contribution in [2.24, 2.45) is 0 Å². The average Bonchev–Trinajstić information content (AvgIpc) is 2.44. The molecule has 20 heavy (non-hydrogen) atoms. The minimum Gasteiger partial charge on any atom is -0.496 e. The van der Waals surface area contributed by atoms with Crippen LogP contribution in [-0.2, 0) is 0 Å². The lowest BCUT2D eigenvalue weighted by molar-refractivity contribution is 0.405. The van der Waals surface area contributed by atoms with Crippen molar-refractivity contribution >= 4 is 15.9 Å². The quantitative estimate of drug-likeness (QED) is 0.896. The van der Waals surface area contributed by atoms with Crippen molar-refractivity contribution in [3.63, 3.8) is 0 Å². The van der Waals surface area contributed by atoms with Crippen LogP contribution in [0.3, 0.4) is 0 Å². The van der Waals surface area contributed by atoms with Crippen LogP contribution in [0.4, 0.5) is 0 Å². The first-order chi connectivity index (χ1) is 9.56. The summed E-state index contributed by atoms with van der Waals surface area (Å²) >= 11 is 3.55. The van der Waals surface area contributed by atoms with Crippen molar-refractivity contribution in [2.75, 3.05) is 14.2 Å². The minimum atomic E-state index is 0.113. The zero-order chi connectivity index (χ0) is 14.7. The van der Waals surface area contributed by atoms with Gasteiger partial charge in [0.05, 0.1) is 13.2 Å². The van der Waals surface area contributed by atoms with Gasteiger partial charge in [0, 0.05) is 10.0 Å². The topological polar surface area (TPSA) is 21.3 Å². The van der Waals surface area contributed by atoms with Gasteiger partial charge in [0.15, 0.2) is 0 Å². The molecule has 2 aromatic rings. The summed E-state index contributed by atoms with van der Waals surface area (Å²) in [6.07, 6.45) is 0. The largest absolute Gasteiger partial charge is 0.496 e. The van der Waals surface area contributed by atoms with Crippen LogP contribution < -0.4 is 10.1 Å².